The minimum Gasteiger partial charge on any atom is -0.466 e. The number of hydrogen-bond acceptors (Lipinski definition) is 7. The third-order valence-electron chi connectivity index (χ3n) is 7.02. The SMILES string of the molecule is CCOC(=O)CCC(=O)Oc1c(OC(=O)CCCN=[N+]=[N-])ccc2c1-c1cccc3c1[C@@H](C2)C(C)CC3. The second-order valence-corrected chi connectivity index (χ2v) is 9.44. The molecule has 0 aromatic heterocycles. The summed E-state index contributed by atoms with van der Waals surface area (Å²) in [6.45, 7) is 4.40. The molecular formula is C28H31N3O6. The highest BCUT2D eigenvalue weighted by molar-refractivity contribution is 5.88. The van der Waals surface area contributed by atoms with Crippen LogP contribution >= 0.6 is 0 Å². The van der Waals surface area contributed by atoms with Crippen LogP contribution in [-0.2, 0) is 32.0 Å². The highest BCUT2D eigenvalue weighted by atomic mass is 16.6. The third kappa shape index (κ3) is 5.94. The molecule has 0 fully saturated rings. The Hall–Kier alpha value is -3.84. The van der Waals surface area contributed by atoms with Crippen LogP contribution in [0.25, 0.3) is 21.6 Å². The lowest BCUT2D eigenvalue weighted by molar-refractivity contribution is -0.146. The Morgan fingerprint density at radius 3 is 2.59 bits per heavy atom. The number of rotatable bonds is 10. The molecule has 0 aliphatic heterocycles. The van der Waals surface area contributed by atoms with Crippen LogP contribution in [0.1, 0.15) is 68.6 Å². The van der Waals surface area contributed by atoms with Gasteiger partial charge in [0.1, 0.15) is 0 Å². The quantitative estimate of drug-likeness (QED) is 0.0999. The van der Waals surface area contributed by atoms with Gasteiger partial charge in [0.15, 0.2) is 11.5 Å². The van der Waals surface area contributed by atoms with Crippen molar-refractivity contribution >= 4 is 17.9 Å². The van der Waals surface area contributed by atoms with E-state index >= 15 is 0 Å². The topological polar surface area (TPSA) is 128 Å². The molecule has 0 saturated carbocycles. The van der Waals surface area contributed by atoms with E-state index in [4.69, 9.17) is 19.7 Å². The van der Waals surface area contributed by atoms with Gasteiger partial charge in [0.05, 0.1) is 19.4 Å². The first-order valence-corrected chi connectivity index (χ1v) is 12.8. The van der Waals surface area contributed by atoms with E-state index in [9.17, 15) is 14.4 Å². The van der Waals surface area contributed by atoms with Gasteiger partial charge in [-0.05, 0) is 78.3 Å². The number of aryl methyl sites for hydroxylation is 1. The standard InChI is InChI=1S/C28H31N3O6/c1-3-35-23(32)13-14-25(34)37-28-22(36-24(33)8-5-15-30-31-29)12-11-19-16-21-17(2)9-10-18-6-4-7-20(26(18)21)27(19)28/h4,6-7,11-12,17,21H,3,5,8-10,13-16H2,1-2H3/t17?,21-/m0/s1. The minimum atomic E-state index is -0.609. The molecule has 4 rings (SSSR count). The molecule has 2 aliphatic rings. The Bertz CT molecular complexity index is 1250. The summed E-state index contributed by atoms with van der Waals surface area (Å²) in [6, 6.07) is 9.80. The number of azide groups is 1. The number of hydrogen-bond donors (Lipinski definition) is 0. The lowest BCUT2D eigenvalue weighted by atomic mass is 9.67. The second kappa shape index (κ2) is 11.9. The molecule has 0 spiro atoms. The Labute approximate surface area is 215 Å². The lowest BCUT2D eigenvalue weighted by Crippen LogP contribution is -2.25. The summed E-state index contributed by atoms with van der Waals surface area (Å²) in [5, 5.41) is 3.44. The Morgan fingerprint density at radius 2 is 1.81 bits per heavy atom. The number of ether oxygens (including phenoxy) is 3. The molecule has 2 aromatic rings. The monoisotopic (exact) mass is 505 g/mol. The molecule has 2 aliphatic carbocycles. The molecule has 0 heterocycles. The molecule has 2 atom stereocenters. The van der Waals surface area contributed by atoms with E-state index in [1.807, 2.05) is 18.2 Å². The first-order valence-electron chi connectivity index (χ1n) is 12.8. The summed E-state index contributed by atoms with van der Waals surface area (Å²) in [5.41, 5.74) is 13.8. The highest BCUT2D eigenvalue weighted by Crippen LogP contribution is 2.53. The zero-order chi connectivity index (χ0) is 26.4. The first-order chi connectivity index (χ1) is 17.9. The van der Waals surface area contributed by atoms with Gasteiger partial charge in [0.25, 0.3) is 0 Å². The molecule has 0 bridgehead atoms. The zero-order valence-corrected chi connectivity index (χ0v) is 21.2. The van der Waals surface area contributed by atoms with E-state index in [1.54, 1.807) is 13.0 Å². The number of fused-ring (bicyclic) bond motifs is 2. The Morgan fingerprint density at radius 1 is 1.03 bits per heavy atom. The predicted octanol–water partition coefficient (Wildman–Crippen LogP) is 5.82. The van der Waals surface area contributed by atoms with E-state index in [1.165, 1.54) is 11.1 Å². The van der Waals surface area contributed by atoms with E-state index in [-0.39, 0.29) is 43.9 Å². The van der Waals surface area contributed by atoms with Crippen LogP contribution in [0.2, 0.25) is 0 Å². The fourth-order valence-electron chi connectivity index (χ4n) is 5.26. The molecule has 194 valence electrons. The molecule has 0 saturated heterocycles. The number of carbonyl (C=O) groups is 3. The summed E-state index contributed by atoms with van der Waals surface area (Å²) >= 11 is 0. The maximum atomic E-state index is 12.8. The van der Waals surface area contributed by atoms with Crippen LogP contribution in [0.15, 0.2) is 35.4 Å². The van der Waals surface area contributed by atoms with Gasteiger partial charge >= 0.3 is 17.9 Å². The molecule has 9 nitrogen and oxygen atoms in total. The van der Waals surface area contributed by atoms with Gasteiger partial charge in [-0.15, -0.1) is 0 Å². The molecule has 0 amide bonds. The number of carbonyl (C=O) groups excluding carboxylic acids is 3. The highest BCUT2D eigenvalue weighted by Gasteiger charge is 2.36. The zero-order valence-electron chi connectivity index (χ0n) is 21.2. The van der Waals surface area contributed by atoms with E-state index in [2.05, 4.69) is 23.0 Å². The molecule has 9 heteroatoms. The summed E-state index contributed by atoms with van der Waals surface area (Å²) < 4.78 is 16.4. The van der Waals surface area contributed by atoms with Gasteiger partial charge in [-0.1, -0.05) is 36.3 Å². The van der Waals surface area contributed by atoms with Crippen LogP contribution in [0.5, 0.6) is 11.5 Å². The van der Waals surface area contributed by atoms with Crippen LogP contribution in [0.3, 0.4) is 0 Å². The molecule has 2 aromatic carbocycles. The molecule has 37 heavy (non-hydrogen) atoms. The molecule has 0 N–H and O–H groups in total. The maximum absolute atomic E-state index is 12.8. The Kier molecular flexibility index (Phi) is 8.46. The van der Waals surface area contributed by atoms with Gasteiger partial charge in [-0.3, -0.25) is 14.4 Å². The minimum absolute atomic E-state index is 0.0483. The van der Waals surface area contributed by atoms with Crippen molar-refractivity contribution in [1.29, 1.82) is 0 Å². The maximum Gasteiger partial charge on any atom is 0.311 e. The number of benzene rings is 2. The fourth-order valence-corrected chi connectivity index (χ4v) is 5.26. The van der Waals surface area contributed by atoms with Crippen molar-refractivity contribution in [2.45, 2.75) is 64.7 Å². The van der Waals surface area contributed by atoms with Gasteiger partial charge in [-0.25, -0.2) is 0 Å². The summed E-state index contributed by atoms with van der Waals surface area (Å²) in [4.78, 5) is 39.9. The van der Waals surface area contributed by atoms with Crippen molar-refractivity contribution in [3.05, 3.63) is 57.5 Å². The molecule has 1 unspecified atom stereocenters. The fraction of sp³-hybridized carbons (Fsp3) is 0.464. The van der Waals surface area contributed by atoms with Crippen molar-refractivity contribution in [3.63, 3.8) is 0 Å². The smallest absolute Gasteiger partial charge is 0.311 e. The second-order valence-electron chi connectivity index (χ2n) is 9.44. The van der Waals surface area contributed by atoms with E-state index in [0.29, 0.717) is 18.3 Å². The largest absolute Gasteiger partial charge is 0.466 e. The van der Waals surface area contributed by atoms with Gasteiger partial charge in [0, 0.05) is 23.4 Å². The van der Waals surface area contributed by atoms with Crippen LogP contribution in [-0.4, -0.2) is 31.1 Å². The number of nitrogens with zero attached hydrogens (tertiary/aromatic N) is 3. The normalized spacial score (nSPS) is 17.0. The molecular weight excluding hydrogens is 474 g/mol. The Balaban J connectivity index is 1.69. The van der Waals surface area contributed by atoms with Crippen LogP contribution in [0, 0.1) is 5.92 Å². The van der Waals surface area contributed by atoms with Gasteiger partial charge < -0.3 is 14.2 Å². The van der Waals surface area contributed by atoms with Gasteiger partial charge in [-0.2, -0.15) is 0 Å². The van der Waals surface area contributed by atoms with Crippen molar-refractivity contribution in [1.82, 2.24) is 0 Å². The average Bonchev–Trinajstić information content (AvgIpc) is 2.89. The summed E-state index contributed by atoms with van der Waals surface area (Å²) in [6.07, 6.45) is 3.04. The summed E-state index contributed by atoms with van der Waals surface area (Å²) in [7, 11) is 0. The summed E-state index contributed by atoms with van der Waals surface area (Å²) in [5.74, 6) is -0.372. The van der Waals surface area contributed by atoms with Crippen molar-refractivity contribution < 1.29 is 28.6 Å². The van der Waals surface area contributed by atoms with Crippen LogP contribution in [0.4, 0.5) is 0 Å². The average molecular weight is 506 g/mol. The van der Waals surface area contributed by atoms with Crippen molar-refractivity contribution in [3.8, 4) is 22.6 Å². The van der Waals surface area contributed by atoms with Crippen LogP contribution < -0.4 is 9.47 Å². The van der Waals surface area contributed by atoms with Crippen molar-refractivity contribution in [2.75, 3.05) is 13.2 Å². The third-order valence-corrected chi connectivity index (χ3v) is 7.02. The first kappa shape index (κ1) is 26.2. The number of esters is 3. The molecule has 0 radical (unpaired) electrons. The van der Waals surface area contributed by atoms with E-state index < -0.39 is 17.9 Å². The lowest BCUT2D eigenvalue weighted by Gasteiger charge is -2.38. The van der Waals surface area contributed by atoms with Crippen molar-refractivity contribution in [2.24, 2.45) is 11.0 Å². The van der Waals surface area contributed by atoms with Gasteiger partial charge in [0.2, 0.25) is 0 Å². The predicted molar refractivity (Wildman–Crippen MR) is 136 cm³/mol. The van der Waals surface area contributed by atoms with E-state index in [0.717, 1.165) is 36.0 Å².